The van der Waals surface area contributed by atoms with Crippen LogP contribution in [0.2, 0.25) is 0 Å². The van der Waals surface area contributed by atoms with E-state index in [1.807, 2.05) is 6.92 Å². The highest BCUT2D eigenvalue weighted by Gasteiger charge is 2.22. The highest BCUT2D eigenvalue weighted by Crippen LogP contribution is 2.31. The molecule has 0 radical (unpaired) electrons. The molecule has 0 aromatic heterocycles. The summed E-state index contributed by atoms with van der Waals surface area (Å²) >= 11 is 0. The summed E-state index contributed by atoms with van der Waals surface area (Å²) in [5.41, 5.74) is 0.831. The molecule has 0 fully saturated rings. The summed E-state index contributed by atoms with van der Waals surface area (Å²) in [6, 6.07) is 10.5. The molecule has 0 spiro atoms. The van der Waals surface area contributed by atoms with Crippen molar-refractivity contribution in [3.63, 3.8) is 0 Å². The normalized spacial score (nSPS) is 11.0. The van der Waals surface area contributed by atoms with Gasteiger partial charge in [0, 0.05) is 11.6 Å². The van der Waals surface area contributed by atoms with Crippen molar-refractivity contribution in [2.24, 2.45) is 0 Å². The summed E-state index contributed by atoms with van der Waals surface area (Å²) in [5.74, 6) is 0. The minimum Gasteiger partial charge on any atom is -0.273 e. The van der Waals surface area contributed by atoms with Gasteiger partial charge in [-0.1, -0.05) is 42.5 Å². The molecule has 0 aliphatic heterocycles. The summed E-state index contributed by atoms with van der Waals surface area (Å²) in [6.07, 6.45) is 1.36. The Morgan fingerprint density at radius 3 is 2.36 bits per heavy atom. The Kier molecular flexibility index (Phi) is 4.27. The van der Waals surface area contributed by atoms with E-state index in [9.17, 15) is 18.5 Å². The number of rotatable bonds is 5. The second kappa shape index (κ2) is 5.98. The van der Waals surface area contributed by atoms with E-state index in [-0.39, 0.29) is 16.3 Å². The van der Waals surface area contributed by atoms with Crippen molar-refractivity contribution in [3.05, 3.63) is 70.3 Å². The molecule has 2 rings (SSSR count). The molecule has 7 heteroatoms. The maximum Gasteiger partial charge on any atom is 0.293 e. The average molecular weight is 318 g/mol. The fourth-order valence-corrected chi connectivity index (χ4v) is 3.01. The largest absolute Gasteiger partial charge is 0.293 e. The number of benzene rings is 2. The van der Waals surface area contributed by atoms with Crippen molar-refractivity contribution >= 4 is 27.5 Å². The van der Waals surface area contributed by atoms with Crippen LogP contribution in [-0.4, -0.2) is 13.3 Å². The first-order chi connectivity index (χ1) is 10.3. The standard InChI is InChI=1S/C15H14N2O4S/c1-3-12-5-4-6-14(17(18)19)15(12)16-22(20,21)13-9-7-11(2)8-10-13/h3-10,16H,1H2,2H3. The lowest BCUT2D eigenvalue weighted by molar-refractivity contribution is -0.383. The first-order valence-corrected chi connectivity index (χ1v) is 7.83. The average Bonchev–Trinajstić information content (AvgIpc) is 2.47. The minimum atomic E-state index is -3.92. The summed E-state index contributed by atoms with van der Waals surface area (Å²) in [4.78, 5) is 10.5. The molecule has 0 bridgehead atoms. The van der Waals surface area contributed by atoms with Crippen LogP contribution in [0.15, 0.2) is 53.9 Å². The zero-order valence-electron chi connectivity index (χ0n) is 11.8. The Bertz CT molecular complexity index is 827. The number of nitrogens with zero attached hydrogens (tertiary/aromatic N) is 1. The van der Waals surface area contributed by atoms with Crippen LogP contribution in [0.4, 0.5) is 11.4 Å². The smallest absolute Gasteiger partial charge is 0.273 e. The molecule has 6 nitrogen and oxygen atoms in total. The van der Waals surface area contributed by atoms with Crippen molar-refractivity contribution in [1.82, 2.24) is 0 Å². The number of aryl methyl sites for hydroxylation is 1. The lowest BCUT2D eigenvalue weighted by Crippen LogP contribution is -2.15. The van der Waals surface area contributed by atoms with E-state index in [1.165, 1.54) is 30.3 Å². The quantitative estimate of drug-likeness (QED) is 0.676. The van der Waals surface area contributed by atoms with E-state index in [1.54, 1.807) is 18.2 Å². The van der Waals surface area contributed by atoms with E-state index in [2.05, 4.69) is 11.3 Å². The molecule has 0 atom stereocenters. The fraction of sp³-hybridized carbons (Fsp3) is 0.0667. The number of nitro groups is 1. The Balaban J connectivity index is 2.52. The third-order valence-electron chi connectivity index (χ3n) is 3.06. The van der Waals surface area contributed by atoms with E-state index in [0.717, 1.165) is 5.56 Å². The Morgan fingerprint density at radius 2 is 1.82 bits per heavy atom. The van der Waals surface area contributed by atoms with E-state index < -0.39 is 14.9 Å². The maximum absolute atomic E-state index is 12.4. The third-order valence-corrected chi connectivity index (χ3v) is 4.42. The number of hydrogen-bond acceptors (Lipinski definition) is 4. The molecule has 0 amide bonds. The van der Waals surface area contributed by atoms with Crippen LogP contribution in [0.3, 0.4) is 0 Å². The van der Waals surface area contributed by atoms with Gasteiger partial charge < -0.3 is 0 Å². The van der Waals surface area contributed by atoms with Gasteiger partial charge in [-0.15, -0.1) is 0 Å². The molecule has 22 heavy (non-hydrogen) atoms. The number of sulfonamides is 1. The van der Waals surface area contributed by atoms with Crippen LogP contribution >= 0.6 is 0 Å². The number of nitrogens with one attached hydrogen (secondary N) is 1. The second-order valence-electron chi connectivity index (χ2n) is 4.62. The van der Waals surface area contributed by atoms with Gasteiger partial charge in [0.05, 0.1) is 9.82 Å². The monoisotopic (exact) mass is 318 g/mol. The van der Waals surface area contributed by atoms with Gasteiger partial charge in [-0.3, -0.25) is 14.8 Å². The predicted octanol–water partition coefficient (Wildman–Crippen LogP) is 3.35. The minimum absolute atomic E-state index is 0.0336. The van der Waals surface area contributed by atoms with Crippen molar-refractivity contribution in [2.75, 3.05) is 4.72 Å². The van der Waals surface area contributed by atoms with Crippen molar-refractivity contribution in [2.45, 2.75) is 11.8 Å². The molecule has 2 aromatic rings. The molecule has 0 aliphatic carbocycles. The van der Waals surface area contributed by atoms with Gasteiger partial charge in [0.2, 0.25) is 0 Å². The number of nitro benzene ring substituents is 1. The highest BCUT2D eigenvalue weighted by molar-refractivity contribution is 7.92. The molecule has 0 saturated carbocycles. The molecule has 1 N–H and O–H groups in total. The van der Waals surface area contributed by atoms with Gasteiger partial charge in [-0.25, -0.2) is 8.42 Å². The lowest BCUT2D eigenvalue weighted by Gasteiger charge is -2.11. The maximum atomic E-state index is 12.4. The van der Waals surface area contributed by atoms with E-state index >= 15 is 0 Å². The van der Waals surface area contributed by atoms with E-state index in [0.29, 0.717) is 5.56 Å². The SMILES string of the molecule is C=Cc1cccc([N+](=O)[O-])c1NS(=O)(=O)c1ccc(C)cc1. The van der Waals surface area contributed by atoms with Gasteiger partial charge in [-0.2, -0.15) is 0 Å². The topological polar surface area (TPSA) is 89.3 Å². The number of para-hydroxylation sites is 1. The first-order valence-electron chi connectivity index (χ1n) is 6.34. The van der Waals surface area contributed by atoms with Crippen molar-refractivity contribution in [3.8, 4) is 0 Å². The summed E-state index contributed by atoms with van der Waals surface area (Å²) in [6.45, 7) is 5.38. The fourth-order valence-electron chi connectivity index (χ4n) is 1.90. The Morgan fingerprint density at radius 1 is 1.18 bits per heavy atom. The van der Waals surface area contributed by atoms with Gasteiger partial charge in [0.1, 0.15) is 5.69 Å². The van der Waals surface area contributed by atoms with Gasteiger partial charge in [0.15, 0.2) is 0 Å². The Hall–Kier alpha value is -2.67. The van der Waals surface area contributed by atoms with Crippen LogP contribution in [0, 0.1) is 17.0 Å². The predicted molar refractivity (Wildman–Crippen MR) is 85.2 cm³/mol. The number of hydrogen-bond donors (Lipinski definition) is 1. The highest BCUT2D eigenvalue weighted by atomic mass is 32.2. The zero-order valence-corrected chi connectivity index (χ0v) is 12.6. The summed E-state index contributed by atoms with van der Waals surface area (Å²) < 4.78 is 27.1. The molecule has 0 heterocycles. The third kappa shape index (κ3) is 3.15. The van der Waals surface area contributed by atoms with Gasteiger partial charge in [-0.05, 0) is 19.1 Å². The van der Waals surface area contributed by atoms with Gasteiger partial charge in [0.25, 0.3) is 15.7 Å². The van der Waals surface area contributed by atoms with Crippen molar-refractivity contribution in [1.29, 1.82) is 0 Å². The van der Waals surface area contributed by atoms with Crippen LogP contribution in [0.5, 0.6) is 0 Å². The second-order valence-corrected chi connectivity index (χ2v) is 6.30. The zero-order chi connectivity index (χ0) is 16.3. The first kappa shape index (κ1) is 15.7. The molecule has 0 saturated heterocycles. The molecule has 0 unspecified atom stereocenters. The lowest BCUT2D eigenvalue weighted by atomic mass is 10.1. The molecule has 114 valence electrons. The van der Waals surface area contributed by atoms with Gasteiger partial charge >= 0.3 is 0 Å². The number of anilines is 1. The van der Waals surface area contributed by atoms with Crippen LogP contribution in [0.1, 0.15) is 11.1 Å². The summed E-state index contributed by atoms with van der Waals surface area (Å²) in [7, 11) is -3.92. The van der Waals surface area contributed by atoms with Crippen LogP contribution < -0.4 is 4.72 Å². The van der Waals surface area contributed by atoms with E-state index in [4.69, 9.17) is 0 Å². The molecular formula is C15H14N2O4S. The summed E-state index contributed by atoms with van der Waals surface area (Å²) in [5, 5.41) is 11.1. The Labute approximate surface area is 128 Å². The molecule has 2 aromatic carbocycles. The van der Waals surface area contributed by atoms with Crippen molar-refractivity contribution < 1.29 is 13.3 Å². The van der Waals surface area contributed by atoms with Crippen LogP contribution in [0.25, 0.3) is 6.08 Å². The molecule has 0 aliphatic rings. The molecular weight excluding hydrogens is 304 g/mol. The van der Waals surface area contributed by atoms with Crippen LogP contribution in [-0.2, 0) is 10.0 Å².